The number of piperazine rings is 1. The van der Waals surface area contributed by atoms with Crippen LogP contribution in [0.15, 0.2) is 29.3 Å². The molecule has 0 unspecified atom stereocenters. The Hall–Kier alpha value is -2.09. The lowest BCUT2D eigenvalue weighted by Crippen LogP contribution is -2.53. The summed E-state index contributed by atoms with van der Waals surface area (Å²) in [6, 6.07) is 4.89. The summed E-state index contributed by atoms with van der Waals surface area (Å²) in [5.74, 6) is 0.449. The van der Waals surface area contributed by atoms with Gasteiger partial charge in [0.25, 0.3) is 0 Å². The van der Waals surface area contributed by atoms with Crippen LogP contribution in [0.2, 0.25) is 0 Å². The van der Waals surface area contributed by atoms with Crippen molar-refractivity contribution in [2.45, 2.75) is 12.7 Å². The summed E-state index contributed by atoms with van der Waals surface area (Å²) < 4.78 is 38.0. The van der Waals surface area contributed by atoms with Crippen LogP contribution < -0.4 is 10.6 Å². The standard InChI is InChI=1S/C19H25F3N6O2.HI/c1-23-17(24-6-7-28-16(29)12-25-18(28)30)27-10-8-26(9-11-27)13-14-2-4-15(5-3-14)19(20,21)22;/h2-5H,6-13H2,1H3,(H,23,24)(H,25,30);1H. The Morgan fingerprint density at radius 3 is 2.29 bits per heavy atom. The summed E-state index contributed by atoms with van der Waals surface area (Å²) in [4.78, 5) is 32.8. The molecule has 2 aliphatic rings. The highest BCUT2D eigenvalue weighted by Crippen LogP contribution is 2.29. The average Bonchev–Trinajstić information content (AvgIpc) is 3.04. The number of alkyl halides is 3. The molecule has 2 fully saturated rings. The van der Waals surface area contributed by atoms with Gasteiger partial charge in [0, 0.05) is 52.9 Å². The normalized spacial score (nSPS) is 18.1. The number of imide groups is 1. The third kappa shape index (κ3) is 6.69. The number of rotatable bonds is 5. The van der Waals surface area contributed by atoms with Gasteiger partial charge in [-0.25, -0.2) is 4.79 Å². The highest BCUT2D eigenvalue weighted by Gasteiger charge is 2.30. The van der Waals surface area contributed by atoms with E-state index in [0.29, 0.717) is 32.1 Å². The van der Waals surface area contributed by atoms with Crippen LogP contribution in [0.5, 0.6) is 0 Å². The molecule has 0 bridgehead atoms. The van der Waals surface area contributed by atoms with Crippen LogP contribution in [0.3, 0.4) is 0 Å². The first-order chi connectivity index (χ1) is 14.3. The van der Waals surface area contributed by atoms with Gasteiger partial charge in [-0.05, 0) is 17.7 Å². The second kappa shape index (κ2) is 11.0. The van der Waals surface area contributed by atoms with Crippen LogP contribution in [0.4, 0.5) is 18.0 Å². The fourth-order valence-corrected chi connectivity index (χ4v) is 3.47. The van der Waals surface area contributed by atoms with Crippen molar-refractivity contribution in [1.82, 2.24) is 25.3 Å². The van der Waals surface area contributed by atoms with Gasteiger partial charge in [-0.2, -0.15) is 13.2 Å². The molecule has 0 saturated carbocycles. The largest absolute Gasteiger partial charge is 0.416 e. The van der Waals surface area contributed by atoms with Crippen LogP contribution in [0.25, 0.3) is 0 Å². The molecule has 1 aromatic rings. The average molecular weight is 554 g/mol. The number of aliphatic imine (C=N–C) groups is 1. The summed E-state index contributed by atoms with van der Waals surface area (Å²) in [5.41, 5.74) is 0.201. The van der Waals surface area contributed by atoms with Gasteiger partial charge >= 0.3 is 12.2 Å². The zero-order chi connectivity index (χ0) is 21.7. The van der Waals surface area contributed by atoms with Crippen LogP contribution >= 0.6 is 24.0 Å². The number of carbonyl (C=O) groups excluding carboxylic acids is 2. The minimum atomic E-state index is -4.32. The molecular weight excluding hydrogens is 528 g/mol. The van der Waals surface area contributed by atoms with Gasteiger partial charge in [0.1, 0.15) is 0 Å². The first-order valence-electron chi connectivity index (χ1n) is 9.70. The van der Waals surface area contributed by atoms with E-state index >= 15 is 0 Å². The fraction of sp³-hybridized carbons (Fsp3) is 0.526. The Morgan fingerprint density at radius 2 is 1.77 bits per heavy atom. The van der Waals surface area contributed by atoms with Crippen molar-refractivity contribution in [3.05, 3.63) is 35.4 Å². The second-order valence-electron chi connectivity index (χ2n) is 7.14. The summed E-state index contributed by atoms with van der Waals surface area (Å²) in [6.45, 7) is 4.20. The molecule has 0 aromatic heterocycles. The summed E-state index contributed by atoms with van der Waals surface area (Å²) in [7, 11) is 1.67. The van der Waals surface area contributed by atoms with Crippen molar-refractivity contribution in [2.24, 2.45) is 4.99 Å². The van der Waals surface area contributed by atoms with Crippen molar-refractivity contribution < 1.29 is 22.8 Å². The van der Waals surface area contributed by atoms with E-state index in [1.165, 1.54) is 17.0 Å². The number of urea groups is 1. The topological polar surface area (TPSA) is 80.3 Å². The molecule has 0 aliphatic carbocycles. The predicted molar refractivity (Wildman–Crippen MR) is 120 cm³/mol. The van der Waals surface area contributed by atoms with Gasteiger partial charge in [-0.1, -0.05) is 12.1 Å². The summed E-state index contributed by atoms with van der Waals surface area (Å²) in [5, 5.41) is 5.65. The Bertz CT molecular complexity index is 779. The van der Waals surface area contributed by atoms with Gasteiger partial charge in [-0.3, -0.25) is 19.6 Å². The molecule has 2 heterocycles. The third-order valence-electron chi connectivity index (χ3n) is 5.13. The van der Waals surface area contributed by atoms with E-state index in [0.717, 1.165) is 30.8 Å². The minimum absolute atomic E-state index is 0. The lowest BCUT2D eigenvalue weighted by Gasteiger charge is -2.36. The first-order valence-corrected chi connectivity index (χ1v) is 9.70. The molecule has 3 rings (SSSR count). The fourth-order valence-electron chi connectivity index (χ4n) is 3.47. The number of benzene rings is 1. The van der Waals surface area contributed by atoms with Crippen LogP contribution in [0.1, 0.15) is 11.1 Å². The second-order valence-corrected chi connectivity index (χ2v) is 7.14. The van der Waals surface area contributed by atoms with Gasteiger partial charge < -0.3 is 15.5 Å². The molecule has 3 amide bonds. The number of hydrogen-bond acceptors (Lipinski definition) is 4. The van der Waals surface area contributed by atoms with E-state index in [1.807, 2.05) is 0 Å². The van der Waals surface area contributed by atoms with Gasteiger partial charge in [-0.15, -0.1) is 24.0 Å². The van der Waals surface area contributed by atoms with Crippen molar-refractivity contribution >= 4 is 41.9 Å². The van der Waals surface area contributed by atoms with E-state index in [9.17, 15) is 22.8 Å². The smallest absolute Gasteiger partial charge is 0.354 e. The Kier molecular flexibility index (Phi) is 8.91. The molecule has 8 nitrogen and oxygen atoms in total. The van der Waals surface area contributed by atoms with Crippen molar-refractivity contribution in [3.63, 3.8) is 0 Å². The van der Waals surface area contributed by atoms with E-state index in [4.69, 9.17) is 0 Å². The zero-order valence-corrected chi connectivity index (χ0v) is 19.4. The van der Waals surface area contributed by atoms with E-state index in [-0.39, 0.29) is 49.0 Å². The predicted octanol–water partition coefficient (Wildman–Crippen LogP) is 1.57. The molecule has 172 valence electrons. The third-order valence-corrected chi connectivity index (χ3v) is 5.13. The number of nitrogens with one attached hydrogen (secondary N) is 2. The molecule has 2 N–H and O–H groups in total. The summed E-state index contributed by atoms with van der Waals surface area (Å²) in [6.07, 6.45) is -4.32. The molecule has 12 heteroatoms. The van der Waals surface area contributed by atoms with Crippen molar-refractivity contribution in [3.8, 4) is 0 Å². The van der Waals surface area contributed by atoms with Gasteiger partial charge in [0.2, 0.25) is 5.91 Å². The Labute approximate surface area is 195 Å². The first kappa shape index (κ1) is 25.2. The Morgan fingerprint density at radius 1 is 1.13 bits per heavy atom. The molecule has 2 aliphatic heterocycles. The van der Waals surface area contributed by atoms with Crippen LogP contribution in [-0.4, -0.2) is 85.5 Å². The quantitative estimate of drug-likeness (QED) is 0.250. The van der Waals surface area contributed by atoms with Crippen molar-refractivity contribution in [2.75, 3.05) is 52.9 Å². The lowest BCUT2D eigenvalue weighted by molar-refractivity contribution is -0.137. The molecule has 2 saturated heterocycles. The van der Waals surface area contributed by atoms with E-state index < -0.39 is 11.7 Å². The number of halogens is 4. The maximum Gasteiger partial charge on any atom is 0.416 e. The maximum absolute atomic E-state index is 12.7. The van der Waals surface area contributed by atoms with E-state index in [2.05, 4.69) is 25.4 Å². The number of amides is 3. The highest BCUT2D eigenvalue weighted by atomic mass is 127. The van der Waals surface area contributed by atoms with Crippen LogP contribution in [0, 0.1) is 0 Å². The maximum atomic E-state index is 12.7. The number of nitrogens with zero attached hydrogens (tertiary/aromatic N) is 4. The minimum Gasteiger partial charge on any atom is -0.354 e. The molecule has 0 atom stereocenters. The lowest BCUT2D eigenvalue weighted by atomic mass is 10.1. The van der Waals surface area contributed by atoms with Crippen molar-refractivity contribution in [1.29, 1.82) is 0 Å². The van der Waals surface area contributed by atoms with Crippen LogP contribution in [-0.2, 0) is 17.5 Å². The monoisotopic (exact) mass is 554 g/mol. The number of carbonyl (C=O) groups is 2. The number of hydrogen-bond donors (Lipinski definition) is 2. The molecule has 31 heavy (non-hydrogen) atoms. The van der Waals surface area contributed by atoms with E-state index in [1.54, 1.807) is 7.05 Å². The highest BCUT2D eigenvalue weighted by molar-refractivity contribution is 14.0. The van der Waals surface area contributed by atoms with Gasteiger partial charge in [0.05, 0.1) is 12.1 Å². The number of guanidine groups is 1. The molecule has 0 radical (unpaired) electrons. The van der Waals surface area contributed by atoms with Gasteiger partial charge in [0.15, 0.2) is 5.96 Å². The molecule has 0 spiro atoms. The molecule has 1 aromatic carbocycles. The molecular formula is C19H26F3IN6O2. The SMILES string of the molecule is CN=C(NCCN1C(=O)CNC1=O)N1CCN(Cc2ccc(C(F)(F)F)cc2)CC1.I. The summed E-state index contributed by atoms with van der Waals surface area (Å²) >= 11 is 0. The zero-order valence-electron chi connectivity index (χ0n) is 17.1. The Balaban J connectivity index is 0.00000341.